The molecular weight excluding hydrogens is 196 g/mol. The van der Waals surface area contributed by atoms with Gasteiger partial charge in [0.2, 0.25) is 0 Å². The van der Waals surface area contributed by atoms with Gasteiger partial charge >= 0.3 is 0 Å². The summed E-state index contributed by atoms with van der Waals surface area (Å²) in [5, 5.41) is 0.587. The van der Waals surface area contributed by atoms with Crippen molar-refractivity contribution in [3.63, 3.8) is 0 Å². The Labute approximate surface area is 74.3 Å². The lowest BCUT2D eigenvalue weighted by molar-refractivity contribution is 0.175. The van der Waals surface area contributed by atoms with Gasteiger partial charge in [-0.25, -0.2) is 4.53 Å². The zero-order chi connectivity index (χ0) is 7.72. The Morgan fingerprint density at radius 3 is 2.70 bits per heavy atom. The van der Waals surface area contributed by atoms with Crippen LogP contribution in [-0.4, -0.2) is 15.1 Å². The third-order valence-corrected chi connectivity index (χ3v) is 2.12. The van der Waals surface area contributed by atoms with E-state index in [9.17, 15) is 0 Å². The molecule has 3 nitrogen and oxygen atoms in total. The SMILES string of the molecule is CC1C(Cl)=CN(Cl)NN1Cl. The maximum Gasteiger partial charge on any atom is 0.0769 e. The topological polar surface area (TPSA) is 18.5 Å². The van der Waals surface area contributed by atoms with E-state index < -0.39 is 0 Å². The Bertz CT molecular complexity index is 160. The van der Waals surface area contributed by atoms with E-state index in [1.54, 1.807) is 6.20 Å². The summed E-state index contributed by atoms with van der Waals surface area (Å²) in [4.78, 5) is 0. The normalized spacial score (nSPS) is 28.6. The lowest BCUT2D eigenvalue weighted by Crippen LogP contribution is -2.46. The van der Waals surface area contributed by atoms with E-state index in [-0.39, 0.29) is 6.04 Å². The zero-order valence-electron chi connectivity index (χ0n) is 5.18. The molecule has 1 aliphatic heterocycles. The van der Waals surface area contributed by atoms with Gasteiger partial charge in [-0.1, -0.05) is 11.6 Å². The number of halogens is 3. The van der Waals surface area contributed by atoms with E-state index in [0.29, 0.717) is 5.03 Å². The fourth-order valence-corrected chi connectivity index (χ4v) is 1.24. The molecule has 0 fully saturated rings. The molecule has 1 N–H and O–H groups in total. The third kappa shape index (κ3) is 1.68. The first-order chi connectivity index (χ1) is 4.61. The number of nitrogens with zero attached hydrogens (tertiary/aromatic N) is 2. The minimum Gasteiger partial charge on any atom is -0.209 e. The molecular formula is C4H6Cl3N3. The molecule has 0 bridgehead atoms. The smallest absolute Gasteiger partial charge is 0.0769 e. The standard InChI is InChI=1S/C4H6Cl3N3/c1-3-4(5)2-9(6)8-10(3)7/h2-3,8H,1H3. The van der Waals surface area contributed by atoms with Gasteiger partial charge in [0.05, 0.1) is 17.3 Å². The minimum absolute atomic E-state index is 0.0571. The zero-order valence-corrected chi connectivity index (χ0v) is 7.45. The molecule has 1 unspecified atom stereocenters. The summed E-state index contributed by atoms with van der Waals surface area (Å²) in [6.07, 6.45) is 1.55. The molecule has 0 amide bonds. The van der Waals surface area contributed by atoms with E-state index in [1.165, 1.54) is 4.53 Å². The highest BCUT2D eigenvalue weighted by Crippen LogP contribution is 2.20. The van der Waals surface area contributed by atoms with Crippen molar-refractivity contribution < 1.29 is 0 Å². The van der Waals surface area contributed by atoms with Crippen LogP contribution >= 0.6 is 35.2 Å². The van der Waals surface area contributed by atoms with Crippen molar-refractivity contribution in [2.45, 2.75) is 13.0 Å². The van der Waals surface area contributed by atoms with Crippen LogP contribution in [0.3, 0.4) is 0 Å². The van der Waals surface area contributed by atoms with E-state index >= 15 is 0 Å². The first-order valence-electron chi connectivity index (χ1n) is 2.65. The molecule has 1 rings (SSSR count). The van der Waals surface area contributed by atoms with Crippen LogP contribution in [0.25, 0.3) is 0 Å². The van der Waals surface area contributed by atoms with Crippen molar-refractivity contribution in [1.29, 1.82) is 0 Å². The summed E-state index contributed by atoms with van der Waals surface area (Å²) in [5.41, 5.74) is 2.60. The minimum atomic E-state index is -0.0571. The number of hydrogen-bond donors (Lipinski definition) is 1. The molecule has 0 spiro atoms. The molecule has 6 heteroatoms. The summed E-state index contributed by atoms with van der Waals surface area (Å²) >= 11 is 16.9. The maximum atomic E-state index is 5.73. The lowest BCUT2D eigenvalue weighted by Gasteiger charge is -2.29. The largest absolute Gasteiger partial charge is 0.209 e. The molecule has 0 aliphatic carbocycles. The van der Waals surface area contributed by atoms with Crippen molar-refractivity contribution in [1.82, 2.24) is 14.6 Å². The highest BCUT2D eigenvalue weighted by molar-refractivity contribution is 6.31. The van der Waals surface area contributed by atoms with E-state index in [1.807, 2.05) is 6.92 Å². The number of hydrazine groups is 2. The molecule has 10 heavy (non-hydrogen) atoms. The van der Waals surface area contributed by atoms with Crippen LogP contribution in [0.4, 0.5) is 0 Å². The van der Waals surface area contributed by atoms with Gasteiger partial charge in [-0.3, -0.25) is 0 Å². The Hall–Kier alpha value is 0.330. The summed E-state index contributed by atoms with van der Waals surface area (Å²) < 4.78 is 2.45. The highest BCUT2D eigenvalue weighted by atomic mass is 35.5. The monoisotopic (exact) mass is 201 g/mol. The van der Waals surface area contributed by atoms with Gasteiger partial charge in [0, 0.05) is 11.8 Å². The average molecular weight is 202 g/mol. The number of nitrogens with one attached hydrogen (secondary N) is 1. The molecule has 58 valence electrons. The first-order valence-corrected chi connectivity index (χ1v) is 3.70. The number of hydrogen-bond acceptors (Lipinski definition) is 3. The van der Waals surface area contributed by atoms with Gasteiger partial charge in [0.15, 0.2) is 0 Å². The van der Waals surface area contributed by atoms with Crippen LogP contribution in [0.2, 0.25) is 0 Å². The Morgan fingerprint density at radius 1 is 1.60 bits per heavy atom. The molecule has 0 aromatic rings. The second-order valence-electron chi connectivity index (χ2n) is 1.91. The van der Waals surface area contributed by atoms with Crippen molar-refractivity contribution >= 4 is 35.2 Å². The Balaban J connectivity index is 2.71. The predicted octanol–water partition coefficient (Wildman–Crippen LogP) is 1.80. The fraction of sp³-hybridized carbons (Fsp3) is 0.500. The van der Waals surface area contributed by atoms with Crippen LogP contribution in [-0.2, 0) is 0 Å². The summed E-state index contributed by atoms with van der Waals surface area (Å²) in [6, 6.07) is -0.0571. The van der Waals surface area contributed by atoms with E-state index in [0.717, 1.165) is 4.53 Å². The Morgan fingerprint density at radius 2 is 2.20 bits per heavy atom. The van der Waals surface area contributed by atoms with Crippen LogP contribution in [0.1, 0.15) is 6.92 Å². The van der Waals surface area contributed by atoms with Crippen molar-refractivity contribution in [2.75, 3.05) is 0 Å². The summed E-state index contributed by atoms with van der Waals surface area (Å²) in [5.74, 6) is 0. The van der Waals surface area contributed by atoms with Crippen molar-refractivity contribution in [2.24, 2.45) is 0 Å². The van der Waals surface area contributed by atoms with Crippen LogP contribution in [0.5, 0.6) is 0 Å². The molecule has 0 radical (unpaired) electrons. The van der Waals surface area contributed by atoms with Gasteiger partial charge in [-0.05, 0) is 18.7 Å². The predicted molar refractivity (Wildman–Crippen MR) is 41.9 cm³/mol. The quantitative estimate of drug-likeness (QED) is 0.604. The fourth-order valence-electron chi connectivity index (χ4n) is 0.531. The number of rotatable bonds is 0. The van der Waals surface area contributed by atoms with E-state index in [2.05, 4.69) is 5.53 Å². The summed E-state index contributed by atoms with van der Waals surface area (Å²) in [7, 11) is 0. The van der Waals surface area contributed by atoms with Gasteiger partial charge < -0.3 is 0 Å². The van der Waals surface area contributed by atoms with Crippen LogP contribution in [0.15, 0.2) is 11.2 Å². The van der Waals surface area contributed by atoms with Crippen molar-refractivity contribution in [3.8, 4) is 0 Å². The van der Waals surface area contributed by atoms with Crippen molar-refractivity contribution in [3.05, 3.63) is 11.2 Å². The average Bonchev–Trinajstić information content (AvgIpc) is 1.82. The molecule has 0 saturated heterocycles. The second kappa shape index (κ2) is 3.15. The van der Waals surface area contributed by atoms with Gasteiger partial charge in [0.25, 0.3) is 0 Å². The van der Waals surface area contributed by atoms with Gasteiger partial charge in [-0.2, -0.15) is 0 Å². The van der Waals surface area contributed by atoms with Crippen LogP contribution < -0.4 is 5.53 Å². The molecule has 0 aromatic carbocycles. The maximum absolute atomic E-state index is 5.73. The summed E-state index contributed by atoms with van der Waals surface area (Å²) in [6.45, 7) is 1.85. The van der Waals surface area contributed by atoms with Crippen LogP contribution in [0, 0.1) is 0 Å². The molecule has 1 aliphatic rings. The lowest BCUT2D eigenvalue weighted by atomic mass is 10.3. The molecule has 0 saturated carbocycles. The Kier molecular flexibility index (Phi) is 2.66. The molecule has 1 heterocycles. The first kappa shape index (κ1) is 8.43. The molecule has 0 aromatic heterocycles. The highest BCUT2D eigenvalue weighted by Gasteiger charge is 2.21. The molecule has 1 atom stereocenters. The van der Waals surface area contributed by atoms with Gasteiger partial charge in [-0.15, -0.1) is 10.1 Å². The van der Waals surface area contributed by atoms with E-state index in [4.69, 9.17) is 35.2 Å². The van der Waals surface area contributed by atoms with Gasteiger partial charge in [0.1, 0.15) is 0 Å². The second-order valence-corrected chi connectivity index (χ2v) is 3.08. The third-order valence-electron chi connectivity index (χ3n) is 1.17.